The number of unbranched alkanes of at least 4 members (excludes halogenated alkanes) is 2. The molecule has 0 aliphatic rings. The van der Waals surface area contributed by atoms with Crippen LogP contribution in [0, 0.1) is 0 Å². The lowest BCUT2D eigenvalue weighted by Crippen LogP contribution is -2.21. The zero-order chi connectivity index (χ0) is 14.9. The number of carbonyl (C=O) groups is 1. The van der Waals surface area contributed by atoms with Crippen molar-refractivity contribution in [1.29, 1.82) is 0 Å². The predicted molar refractivity (Wildman–Crippen MR) is 81.2 cm³/mol. The van der Waals surface area contributed by atoms with E-state index in [2.05, 4.69) is 23.2 Å². The SMILES string of the molecule is O=C([O-])CCCC/C=C(/c1ccccc1)c1cccnc1. The summed E-state index contributed by atoms with van der Waals surface area (Å²) in [7, 11) is 0. The maximum Gasteiger partial charge on any atom is 0.0414 e. The Labute approximate surface area is 125 Å². The molecule has 0 aliphatic heterocycles. The number of carboxylic acids is 1. The average Bonchev–Trinajstić information content (AvgIpc) is 2.52. The van der Waals surface area contributed by atoms with Crippen LogP contribution < -0.4 is 5.11 Å². The molecule has 108 valence electrons. The minimum Gasteiger partial charge on any atom is -0.550 e. The molecular formula is C18H18NO2-. The number of carbonyl (C=O) groups excluding carboxylic acids is 1. The van der Waals surface area contributed by atoms with Gasteiger partial charge in [-0.25, -0.2) is 0 Å². The van der Waals surface area contributed by atoms with Crippen LogP contribution in [0.1, 0.15) is 36.8 Å². The molecule has 0 amide bonds. The molecule has 21 heavy (non-hydrogen) atoms. The highest BCUT2D eigenvalue weighted by Gasteiger charge is 2.04. The Bertz CT molecular complexity index is 550. The molecule has 1 aromatic heterocycles. The first kappa shape index (κ1) is 15.0. The van der Waals surface area contributed by atoms with Gasteiger partial charge in [0, 0.05) is 23.9 Å². The fourth-order valence-electron chi connectivity index (χ4n) is 2.20. The number of pyridine rings is 1. The Hall–Kier alpha value is -2.42. The summed E-state index contributed by atoms with van der Waals surface area (Å²) in [6, 6.07) is 14.1. The number of aliphatic carboxylic acids is 1. The van der Waals surface area contributed by atoms with Gasteiger partial charge in [0.1, 0.15) is 0 Å². The van der Waals surface area contributed by atoms with Crippen molar-refractivity contribution in [2.75, 3.05) is 0 Å². The molecule has 0 atom stereocenters. The molecule has 0 radical (unpaired) electrons. The average molecular weight is 280 g/mol. The van der Waals surface area contributed by atoms with Gasteiger partial charge in [-0.15, -0.1) is 0 Å². The molecule has 2 aromatic rings. The topological polar surface area (TPSA) is 53.0 Å². The largest absolute Gasteiger partial charge is 0.550 e. The van der Waals surface area contributed by atoms with Crippen molar-refractivity contribution < 1.29 is 9.90 Å². The van der Waals surface area contributed by atoms with Crippen molar-refractivity contribution in [3.8, 4) is 0 Å². The van der Waals surface area contributed by atoms with Crippen molar-refractivity contribution >= 4 is 11.5 Å². The van der Waals surface area contributed by atoms with E-state index in [0.29, 0.717) is 6.42 Å². The van der Waals surface area contributed by atoms with Gasteiger partial charge < -0.3 is 9.90 Å². The molecule has 0 spiro atoms. The number of benzene rings is 1. The van der Waals surface area contributed by atoms with Gasteiger partial charge in [-0.05, 0) is 42.9 Å². The Morgan fingerprint density at radius 1 is 1.05 bits per heavy atom. The number of aromatic nitrogens is 1. The van der Waals surface area contributed by atoms with Gasteiger partial charge in [0.05, 0.1) is 0 Å². The molecule has 1 heterocycles. The van der Waals surface area contributed by atoms with Crippen molar-refractivity contribution in [3.63, 3.8) is 0 Å². The second-order valence-corrected chi connectivity index (χ2v) is 4.84. The quantitative estimate of drug-likeness (QED) is 0.733. The molecule has 0 unspecified atom stereocenters. The van der Waals surface area contributed by atoms with E-state index in [4.69, 9.17) is 0 Å². The maximum atomic E-state index is 10.4. The fraction of sp³-hybridized carbons (Fsp3) is 0.222. The van der Waals surface area contributed by atoms with E-state index in [0.717, 1.165) is 29.5 Å². The molecule has 3 heteroatoms. The summed E-state index contributed by atoms with van der Waals surface area (Å²) in [5, 5.41) is 10.4. The van der Waals surface area contributed by atoms with Crippen molar-refractivity contribution in [3.05, 3.63) is 72.1 Å². The van der Waals surface area contributed by atoms with E-state index in [9.17, 15) is 9.90 Å². The zero-order valence-corrected chi connectivity index (χ0v) is 11.9. The van der Waals surface area contributed by atoms with Crippen LogP contribution in [0.15, 0.2) is 60.9 Å². The summed E-state index contributed by atoms with van der Waals surface area (Å²) in [5.74, 6) is -0.977. The summed E-state index contributed by atoms with van der Waals surface area (Å²) in [5.41, 5.74) is 3.35. The smallest absolute Gasteiger partial charge is 0.0414 e. The van der Waals surface area contributed by atoms with E-state index >= 15 is 0 Å². The zero-order valence-electron chi connectivity index (χ0n) is 11.9. The Kier molecular flexibility index (Phi) is 5.71. The highest BCUT2D eigenvalue weighted by molar-refractivity contribution is 5.79. The third kappa shape index (κ3) is 4.88. The first-order valence-electron chi connectivity index (χ1n) is 7.13. The summed E-state index contributed by atoms with van der Waals surface area (Å²) in [6.45, 7) is 0. The molecule has 0 bridgehead atoms. The lowest BCUT2D eigenvalue weighted by molar-refractivity contribution is -0.305. The van der Waals surface area contributed by atoms with Gasteiger partial charge in [0.15, 0.2) is 0 Å². The first-order chi connectivity index (χ1) is 10.3. The van der Waals surface area contributed by atoms with Crippen molar-refractivity contribution in [2.24, 2.45) is 0 Å². The van der Waals surface area contributed by atoms with Gasteiger partial charge in [-0.3, -0.25) is 4.98 Å². The maximum absolute atomic E-state index is 10.4. The molecule has 0 fully saturated rings. The van der Waals surface area contributed by atoms with Gasteiger partial charge in [-0.2, -0.15) is 0 Å². The lowest BCUT2D eigenvalue weighted by Gasteiger charge is -2.08. The van der Waals surface area contributed by atoms with Gasteiger partial charge in [0.25, 0.3) is 0 Å². The second-order valence-electron chi connectivity index (χ2n) is 4.84. The second kappa shape index (κ2) is 8.00. The minimum absolute atomic E-state index is 0.126. The lowest BCUT2D eigenvalue weighted by atomic mass is 9.97. The van der Waals surface area contributed by atoms with Gasteiger partial charge in [-0.1, -0.05) is 42.5 Å². The van der Waals surface area contributed by atoms with Crippen molar-refractivity contribution in [1.82, 2.24) is 4.98 Å². The summed E-state index contributed by atoms with van der Waals surface area (Å²) in [6.07, 6.45) is 8.21. The molecule has 1 aromatic carbocycles. The van der Waals surface area contributed by atoms with E-state index < -0.39 is 5.97 Å². The Balaban J connectivity index is 2.11. The number of allylic oxidation sites excluding steroid dienone is 1. The number of carboxylic acid groups (broad SMARTS) is 1. The molecular weight excluding hydrogens is 262 g/mol. The summed E-state index contributed by atoms with van der Waals surface area (Å²) in [4.78, 5) is 14.6. The molecule has 0 N–H and O–H groups in total. The minimum atomic E-state index is -0.977. The Morgan fingerprint density at radius 2 is 1.81 bits per heavy atom. The van der Waals surface area contributed by atoms with Gasteiger partial charge >= 0.3 is 0 Å². The molecule has 0 aliphatic carbocycles. The summed E-state index contributed by atoms with van der Waals surface area (Å²) < 4.78 is 0. The fourth-order valence-corrected chi connectivity index (χ4v) is 2.20. The Morgan fingerprint density at radius 3 is 2.48 bits per heavy atom. The van der Waals surface area contributed by atoms with Crippen LogP contribution in [0.2, 0.25) is 0 Å². The molecule has 2 rings (SSSR count). The van der Waals surface area contributed by atoms with Crippen LogP contribution in [-0.4, -0.2) is 11.0 Å². The standard InChI is InChI=1S/C18H19NO2/c20-18(21)12-6-2-5-11-17(15-8-3-1-4-9-15)16-10-7-13-19-14-16/h1,3-4,7-11,13-14H,2,5-6,12H2,(H,20,21)/p-1/b17-11-. The van der Waals surface area contributed by atoms with E-state index in [-0.39, 0.29) is 6.42 Å². The predicted octanol–water partition coefficient (Wildman–Crippen LogP) is 2.82. The highest BCUT2D eigenvalue weighted by Crippen LogP contribution is 2.23. The monoisotopic (exact) mass is 280 g/mol. The van der Waals surface area contributed by atoms with E-state index in [1.807, 2.05) is 36.5 Å². The van der Waals surface area contributed by atoms with E-state index in [1.54, 1.807) is 6.20 Å². The number of nitrogens with zero attached hydrogens (tertiary/aromatic N) is 1. The van der Waals surface area contributed by atoms with Gasteiger partial charge in [0.2, 0.25) is 0 Å². The molecule has 3 nitrogen and oxygen atoms in total. The number of hydrogen-bond donors (Lipinski definition) is 0. The van der Waals surface area contributed by atoms with Crippen LogP contribution in [-0.2, 0) is 4.79 Å². The molecule has 0 saturated heterocycles. The van der Waals surface area contributed by atoms with Crippen LogP contribution in [0.5, 0.6) is 0 Å². The normalized spacial score (nSPS) is 11.3. The van der Waals surface area contributed by atoms with Crippen LogP contribution >= 0.6 is 0 Å². The van der Waals surface area contributed by atoms with Crippen LogP contribution in [0.3, 0.4) is 0 Å². The first-order valence-corrected chi connectivity index (χ1v) is 7.13. The summed E-state index contributed by atoms with van der Waals surface area (Å²) >= 11 is 0. The van der Waals surface area contributed by atoms with Crippen molar-refractivity contribution in [2.45, 2.75) is 25.7 Å². The molecule has 0 saturated carbocycles. The van der Waals surface area contributed by atoms with Crippen LogP contribution in [0.4, 0.5) is 0 Å². The van der Waals surface area contributed by atoms with E-state index in [1.165, 1.54) is 0 Å². The highest BCUT2D eigenvalue weighted by atomic mass is 16.4. The third-order valence-electron chi connectivity index (χ3n) is 3.24. The number of rotatable bonds is 7. The number of hydrogen-bond acceptors (Lipinski definition) is 3. The van der Waals surface area contributed by atoms with Crippen LogP contribution in [0.25, 0.3) is 5.57 Å². The third-order valence-corrected chi connectivity index (χ3v) is 3.24.